The first kappa shape index (κ1) is 22.2. The number of carbonyl (C=O) groups excluding carboxylic acids is 2. The number of anilines is 1. The van der Waals surface area contributed by atoms with Crippen LogP contribution in [0.2, 0.25) is 5.02 Å². The highest BCUT2D eigenvalue weighted by Crippen LogP contribution is 2.44. The highest BCUT2D eigenvalue weighted by molar-refractivity contribution is 7.22. The van der Waals surface area contributed by atoms with Crippen LogP contribution in [0.25, 0.3) is 16.0 Å². The van der Waals surface area contributed by atoms with E-state index in [1.807, 2.05) is 19.1 Å². The van der Waals surface area contributed by atoms with Gasteiger partial charge in [0.05, 0.1) is 26.9 Å². The van der Waals surface area contributed by atoms with Gasteiger partial charge in [-0.25, -0.2) is 9.37 Å². The molecule has 1 aliphatic heterocycles. The molecule has 0 radical (unpaired) electrons. The van der Waals surface area contributed by atoms with Crippen molar-refractivity contribution in [3.05, 3.63) is 94.0 Å². The third-order valence-corrected chi connectivity index (χ3v) is 7.01. The van der Waals surface area contributed by atoms with Crippen LogP contribution >= 0.6 is 22.9 Å². The molecule has 0 bridgehead atoms. The Kier molecular flexibility index (Phi) is 5.63. The van der Waals surface area contributed by atoms with Crippen LogP contribution in [0.5, 0.6) is 0 Å². The van der Waals surface area contributed by atoms with Gasteiger partial charge in [-0.05, 0) is 35.7 Å². The standard InChI is InChI=1S/C25H17ClFN3O3S/c1-2-13-5-7-14(8-6-13)22(31)20-21(15-4-3-9-28-12-15)30(24(33)23(20)32)25-29-18-10-16(26)17(27)11-19(18)34-25/h3-12,21,31H,2H2,1H3/b22-20+. The van der Waals surface area contributed by atoms with Gasteiger partial charge in [-0.2, -0.15) is 0 Å². The lowest BCUT2D eigenvalue weighted by molar-refractivity contribution is -0.132. The molecule has 1 N–H and O–H groups in total. The zero-order valence-corrected chi connectivity index (χ0v) is 19.4. The first-order valence-corrected chi connectivity index (χ1v) is 11.6. The molecule has 1 atom stereocenters. The van der Waals surface area contributed by atoms with E-state index in [2.05, 4.69) is 9.97 Å². The highest BCUT2D eigenvalue weighted by atomic mass is 35.5. The van der Waals surface area contributed by atoms with Gasteiger partial charge in [-0.15, -0.1) is 0 Å². The van der Waals surface area contributed by atoms with Gasteiger partial charge in [0.15, 0.2) is 5.13 Å². The number of fused-ring (bicyclic) bond motifs is 1. The largest absolute Gasteiger partial charge is 0.507 e. The van der Waals surface area contributed by atoms with Gasteiger partial charge in [-0.3, -0.25) is 19.5 Å². The molecule has 0 saturated carbocycles. The Balaban J connectivity index is 1.70. The van der Waals surface area contributed by atoms with Crippen molar-refractivity contribution in [2.45, 2.75) is 19.4 Å². The average molecular weight is 494 g/mol. The summed E-state index contributed by atoms with van der Waals surface area (Å²) in [6, 6.07) is 12.2. The molecule has 6 nitrogen and oxygen atoms in total. The molecule has 4 aromatic rings. The van der Waals surface area contributed by atoms with E-state index in [4.69, 9.17) is 11.6 Å². The van der Waals surface area contributed by atoms with E-state index < -0.39 is 23.5 Å². The predicted molar refractivity (Wildman–Crippen MR) is 129 cm³/mol. The van der Waals surface area contributed by atoms with E-state index in [0.29, 0.717) is 21.3 Å². The first-order valence-electron chi connectivity index (χ1n) is 10.4. The maximum absolute atomic E-state index is 14.0. The average Bonchev–Trinajstić information content (AvgIpc) is 3.37. The van der Waals surface area contributed by atoms with Crippen molar-refractivity contribution in [3.8, 4) is 0 Å². The van der Waals surface area contributed by atoms with Gasteiger partial charge < -0.3 is 5.11 Å². The zero-order chi connectivity index (χ0) is 24.0. The molecule has 0 aliphatic carbocycles. The summed E-state index contributed by atoms with van der Waals surface area (Å²) in [5.74, 6) is -2.57. The lowest BCUT2D eigenvalue weighted by Gasteiger charge is -2.22. The summed E-state index contributed by atoms with van der Waals surface area (Å²) in [4.78, 5) is 36.2. The summed E-state index contributed by atoms with van der Waals surface area (Å²) in [7, 11) is 0. The van der Waals surface area contributed by atoms with Crippen LogP contribution in [0.1, 0.15) is 29.7 Å². The fraction of sp³-hybridized carbons (Fsp3) is 0.120. The summed E-state index contributed by atoms with van der Waals surface area (Å²) >= 11 is 6.95. The maximum Gasteiger partial charge on any atom is 0.301 e. The lowest BCUT2D eigenvalue weighted by atomic mass is 9.96. The van der Waals surface area contributed by atoms with Gasteiger partial charge in [0.2, 0.25) is 0 Å². The van der Waals surface area contributed by atoms with Gasteiger partial charge in [0.25, 0.3) is 5.78 Å². The van der Waals surface area contributed by atoms with E-state index in [9.17, 15) is 19.1 Å². The molecule has 170 valence electrons. The van der Waals surface area contributed by atoms with E-state index in [1.165, 1.54) is 23.2 Å². The molecule has 5 rings (SSSR count). The molecule has 0 spiro atoms. The Morgan fingerprint density at radius 3 is 2.65 bits per heavy atom. The second-order valence-electron chi connectivity index (χ2n) is 7.74. The quantitative estimate of drug-likeness (QED) is 0.225. The molecule has 3 heterocycles. The summed E-state index contributed by atoms with van der Waals surface area (Å²) in [5.41, 5.74) is 2.35. The van der Waals surface area contributed by atoms with Crippen LogP contribution in [0.3, 0.4) is 0 Å². The lowest BCUT2D eigenvalue weighted by Crippen LogP contribution is -2.29. The number of rotatable bonds is 4. The number of nitrogens with zero attached hydrogens (tertiary/aromatic N) is 3. The molecule has 1 amide bonds. The minimum absolute atomic E-state index is 0.0642. The van der Waals surface area contributed by atoms with E-state index >= 15 is 0 Å². The maximum atomic E-state index is 14.0. The minimum Gasteiger partial charge on any atom is -0.507 e. The van der Waals surface area contributed by atoms with Crippen molar-refractivity contribution in [2.24, 2.45) is 0 Å². The molecule has 9 heteroatoms. The summed E-state index contributed by atoms with van der Waals surface area (Å²) in [6.45, 7) is 2.01. The third-order valence-electron chi connectivity index (χ3n) is 5.71. The van der Waals surface area contributed by atoms with Gasteiger partial charge in [0, 0.05) is 18.0 Å². The predicted octanol–water partition coefficient (Wildman–Crippen LogP) is 5.67. The van der Waals surface area contributed by atoms with Crippen molar-refractivity contribution in [3.63, 3.8) is 0 Å². The number of hydrogen-bond donors (Lipinski definition) is 1. The van der Waals surface area contributed by atoms with E-state index in [1.54, 1.807) is 30.5 Å². The molecule has 1 unspecified atom stereocenters. The topological polar surface area (TPSA) is 83.4 Å². The first-order chi connectivity index (χ1) is 16.4. The number of thiazole rings is 1. The number of aliphatic hydroxyl groups excluding tert-OH is 1. The molecule has 2 aromatic carbocycles. The Labute approximate surface area is 203 Å². The molecular weight excluding hydrogens is 477 g/mol. The number of carbonyl (C=O) groups is 2. The van der Waals surface area contributed by atoms with Crippen molar-refractivity contribution >= 4 is 55.7 Å². The Morgan fingerprint density at radius 1 is 1.21 bits per heavy atom. The Hall–Kier alpha value is -3.62. The van der Waals surface area contributed by atoms with Gasteiger partial charge >= 0.3 is 5.91 Å². The number of aryl methyl sites for hydroxylation is 1. The summed E-state index contributed by atoms with van der Waals surface area (Å²) in [5, 5.41) is 11.3. The van der Waals surface area contributed by atoms with E-state index in [0.717, 1.165) is 23.3 Å². The fourth-order valence-electron chi connectivity index (χ4n) is 3.95. The van der Waals surface area contributed by atoms with Crippen molar-refractivity contribution in [1.29, 1.82) is 0 Å². The molecule has 34 heavy (non-hydrogen) atoms. The number of aromatic nitrogens is 2. The molecule has 1 saturated heterocycles. The molecular formula is C25H17ClFN3O3S. The summed E-state index contributed by atoms with van der Waals surface area (Å²) < 4.78 is 14.5. The van der Waals surface area contributed by atoms with Crippen LogP contribution in [0.15, 0.2) is 66.5 Å². The monoisotopic (exact) mass is 493 g/mol. The highest BCUT2D eigenvalue weighted by Gasteiger charge is 2.48. The number of benzene rings is 2. The Bertz CT molecular complexity index is 1430. The zero-order valence-electron chi connectivity index (χ0n) is 17.8. The van der Waals surface area contributed by atoms with Crippen molar-refractivity contribution < 1.29 is 19.1 Å². The van der Waals surface area contributed by atoms with E-state index in [-0.39, 0.29) is 21.5 Å². The Morgan fingerprint density at radius 2 is 1.97 bits per heavy atom. The number of amides is 1. The van der Waals surface area contributed by atoms with Crippen LogP contribution in [0, 0.1) is 5.82 Å². The number of hydrogen-bond acceptors (Lipinski definition) is 6. The van der Waals surface area contributed by atoms with Crippen LogP contribution in [0.4, 0.5) is 9.52 Å². The number of Topliss-reactive ketones (excluding diaryl/α,β-unsaturated/α-hetero) is 1. The third kappa shape index (κ3) is 3.65. The number of halogens is 2. The molecule has 2 aromatic heterocycles. The SMILES string of the molecule is CCc1ccc(/C(O)=C2\C(=O)C(=O)N(c3nc4cc(Cl)c(F)cc4s3)C2c2cccnc2)cc1. The normalized spacial score (nSPS) is 17.6. The summed E-state index contributed by atoms with van der Waals surface area (Å²) in [6.07, 6.45) is 3.92. The second kappa shape index (κ2) is 8.62. The minimum atomic E-state index is -0.958. The van der Waals surface area contributed by atoms with Crippen LogP contribution < -0.4 is 4.90 Å². The fourth-order valence-corrected chi connectivity index (χ4v) is 5.11. The number of aliphatic hydroxyl groups is 1. The van der Waals surface area contributed by atoms with Crippen LogP contribution in [-0.4, -0.2) is 26.8 Å². The van der Waals surface area contributed by atoms with Crippen molar-refractivity contribution in [2.75, 3.05) is 4.90 Å². The molecule has 1 fully saturated rings. The number of ketones is 1. The number of pyridine rings is 1. The van der Waals surface area contributed by atoms with Gasteiger partial charge in [0.1, 0.15) is 11.6 Å². The van der Waals surface area contributed by atoms with Crippen molar-refractivity contribution in [1.82, 2.24) is 9.97 Å². The smallest absolute Gasteiger partial charge is 0.301 e. The second-order valence-corrected chi connectivity index (χ2v) is 9.15. The molecule has 1 aliphatic rings. The van der Waals surface area contributed by atoms with Crippen LogP contribution in [-0.2, 0) is 16.0 Å². The van der Waals surface area contributed by atoms with Gasteiger partial charge in [-0.1, -0.05) is 60.2 Å².